The molecule has 0 radical (unpaired) electrons. The van der Waals surface area contributed by atoms with E-state index in [2.05, 4.69) is 83.0 Å². The molecular formula is C21H16Cl2CrN. The van der Waals surface area contributed by atoms with Gasteiger partial charge in [0.1, 0.15) is 0 Å². The van der Waals surface area contributed by atoms with Crippen molar-refractivity contribution in [2.24, 2.45) is 0 Å². The Kier molecular flexibility index (Phi) is 6.88. The molecule has 1 aromatic heterocycles. The standard InChI is InChI=1S/C21H16N.2ClH.Cr/c1-2-6-17(7-3-1)19-11-10-16(14-19)15-20-13-12-18-8-4-5-9-21(18)22-20;;;/h1-9,11-13H,10,15H2;2*1H;/q;;;+2/p-2. The van der Waals surface area contributed by atoms with Crippen LogP contribution in [0.5, 0.6) is 0 Å². The van der Waals surface area contributed by atoms with Gasteiger partial charge in [-0.25, -0.2) is 0 Å². The van der Waals surface area contributed by atoms with Crippen molar-refractivity contribution in [1.29, 1.82) is 0 Å². The predicted molar refractivity (Wildman–Crippen MR) is 91.5 cm³/mol. The Bertz CT molecular complexity index is 933. The van der Waals surface area contributed by atoms with Gasteiger partial charge in [0.25, 0.3) is 0 Å². The molecule has 1 nitrogen and oxygen atoms in total. The van der Waals surface area contributed by atoms with E-state index in [9.17, 15) is 0 Å². The SMILES string of the molecule is [Cl-].[Cl-].[Cr+2][C]1=C(Cc2ccc3ccccc3n2)CC=C1c1ccccc1. The first-order valence-corrected chi connectivity index (χ1v) is 8.45. The number of benzene rings is 2. The summed E-state index contributed by atoms with van der Waals surface area (Å²) >= 11 is 3.28. The third-order valence-corrected chi connectivity index (χ3v) is 5.05. The molecule has 0 atom stereocenters. The molecule has 3 aromatic rings. The summed E-state index contributed by atoms with van der Waals surface area (Å²) in [6, 6.07) is 23.2. The van der Waals surface area contributed by atoms with Gasteiger partial charge in [-0.2, -0.15) is 0 Å². The van der Waals surface area contributed by atoms with E-state index in [1.807, 2.05) is 6.07 Å². The van der Waals surface area contributed by atoms with Gasteiger partial charge in [-0.1, -0.05) is 0 Å². The Hall–Kier alpha value is -1.56. The minimum absolute atomic E-state index is 0. The van der Waals surface area contributed by atoms with Gasteiger partial charge in [0.05, 0.1) is 0 Å². The molecule has 0 bridgehead atoms. The molecule has 2 aromatic carbocycles. The van der Waals surface area contributed by atoms with Crippen molar-refractivity contribution in [3.8, 4) is 0 Å². The number of rotatable bonds is 3. The molecule has 0 unspecified atom stereocenters. The summed E-state index contributed by atoms with van der Waals surface area (Å²) < 4.78 is 1.28. The van der Waals surface area contributed by atoms with Gasteiger partial charge >= 0.3 is 145 Å². The molecule has 4 heteroatoms. The van der Waals surface area contributed by atoms with Crippen LogP contribution in [0.3, 0.4) is 0 Å². The summed E-state index contributed by atoms with van der Waals surface area (Å²) in [5.41, 5.74) is 6.23. The molecule has 0 spiro atoms. The fourth-order valence-corrected chi connectivity index (χ4v) is 3.60. The van der Waals surface area contributed by atoms with Crippen LogP contribution in [-0.4, -0.2) is 4.98 Å². The Morgan fingerprint density at radius 3 is 2.36 bits per heavy atom. The maximum atomic E-state index is 4.80. The number of fused-ring (bicyclic) bond motifs is 1. The van der Waals surface area contributed by atoms with E-state index in [-0.39, 0.29) is 24.8 Å². The molecule has 1 heterocycles. The van der Waals surface area contributed by atoms with Crippen LogP contribution in [0.15, 0.2) is 82.8 Å². The van der Waals surface area contributed by atoms with Crippen LogP contribution in [0.4, 0.5) is 0 Å². The second-order valence-corrected chi connectivity index (χ2v) is 6.43. The molecule has 4 rings (SSSR count). The summed E-state index contributed by atoms with van der Waals surface area (Å²) in [7, 11) is 0. The average Bonchev–Trinajstić information content (AvgIpc) is 2.96. The molecular weight excluding hydrogens is 389 g/mol. The van der Waals surface area contributed by atoms with Crippen LogP contribution < -0.4 is 24.8 Å². The Labute approximate surface area is 169 Å². The van der Waals surface area contributed by atoms with Crippen molar-refractivity contribution in [2.45, 2.75) is 12.8 Å². The molecule has 0 saturated heterocycles. The maximum absolute atomic E-state index is 4.80. The second-order valence-electron chi connectivity index (χ2n) is 5.79. The third-order valence-electron chi connectivity index (χ3n) is 4.25. The summed E-state index contributed by atoms with van der Waals surface area (Å²) in [4.78, 5) is 4.80. The number of halogens is 2. The summed E-state index contributed by atoms with van der Waals surface area (Å²) in [6.07, 6.45) is 4.22. The number of allylic oxidation sites excluding steroid dienone is 4. The van der Waals surface area contributed by atoms with E-state index in [4.69, 9.17) is 4.98 Å². The van der Waals surface area contributed by atoms with Crippen LogP contribution in [0.1, 0.15) is 17.7 Å². The zero-order valence-electron chi connectivity index (χ0n) is 13.5. The minimum atomic E-state index is 0. The molecule has 0 N–H and O–H groups in total. The molecule has 25 heavy (non-hydrogen) atoms. The van der Waals surface area contributed by atoms with Crippen LogP contribution in [-0.2, 0) is 22.7 Å². The summed E-state index contributed by atoms with van der Waals surface area (Å²) in [5, 5.41) is 1.20. The number of pyridine rings is 1. The number of nitrogens with zero attached hydrogens (tertiary/aromatic N) is 1. The second kappa shape index (κ2) is 8.70. The van der Waals surface area contributed by atoms with Crippen LogP contribution >= 0.6 is 0 Å². The van der Waals surface area contributed by atoms with Crippen molar-refractivity contribution in [1.82, 2.24) is 4.98 Å². The van der Waals surface area contributed by atoms with E-state index < -0.39 is 0 Å². The molecule has 0 fully saturated rings. The number of aromatic nitrogens is 1. The van der Waals surface area contributed by atoms with E-state index in [0.717, 1.165) is 24.1 Å². The quantitative estimate of drug-likeness (QED) is 0.549. The normalized spacial score (nSPS) is 13.2. The Morgan fingerprint density at radius 2 is 1.56 bits per heavy atom. The van der Waals surface area contributed by atoms with Crippen LogP contribution in [0.2, 0.25) is 0 Å². The number of hydrogen-bond acceptors (Lipinski definition) is 1. The zero-order chi connectivity index (χ0) is 15.6. The van der Waals surface area contributed by atoms with Gasteiger partial charge in [0, 0.05) is 0 Å². The van der Waals surface area contributed by atoms with Gasteiger partial charge in [0.2, 0.25) is 0 Å². The van der Waals surface area contributed by atoms with Crippen molar-refractivity contribution < 1.29 is 41.1 Å². The average molecular weight is 405 g/mol. The Morgan fingerprint density at radius 1 is 0.840 bits per heavy atom. The van der Waals surface area contributed by atoms with Gasteiger partial charge in [-0.05, 0) is 0 Å². The topological polar surface area (TPSA) is 12.9 Å². The van der Waals surface area contributed by atoms with Crippen LogP contribution in [0, 0.1) is 0 Å². The van der Waals surface area contributed by atoms with Crippen molar-refractivity contribution in [2.75, 3.05) is 0 Å². The Balaban J connectivity index is 0.00000113. The van der Waals surface area contributed by atoms with Gasteiger partial charge in [-0.3, -0.25) is 0 Å². The van der Waals surface area contributed by atoms with E-state index >= 15 is 0 Å². The molecule has 1 aliphatic carbocycles. The zero-order valence-corrected chi connectivity index (χ0v) is 16.2. The van der Waals surface area contributed by atoms with E-state index in [1.54, 1.807) is 0 Å². The van der Waals surface area contributed by atoms with Gasteiger partial charge in [-0.15, -0.1) is 0 Å². The third kappa shape index (κ3) is 4.17. The number of para-hydroxylation sites is 1. The predicted octanol–water partition coefficient (Wildman–Crippen LogP) is -0.926. The first kappa shape index (κ1) is 19.8. The monoisotopic (exact) mass is 404 g/mol. The number of hydrogen-bond donors (Lipinski definition) is 0. The van der Waals surface area contributed by atoms with Gasteiger partial charge < -0.3 is 24.8 Å². The molecule has 0 aliphatic heterocycles. The van der Waals surface area contributed by atoms with Gasteiger partial charge in [0.15, 0.2) is 0 Å². The summed E-state index contributed by atoms with van der Waals surface area (Å²) in [6.45, 7) is 0. The molecule has 125 valence electrons. The molecule has 0 amide bonds. The molecule has 1 aliphatic rings. The van der Waals surface area contributed by atoms with Crippen molar-refractivity contribution in [3.05, 3.63) is 94.1 Å². The van der Waals surface area contributed by atoms with E-state index in [0.29, 0.717) is 0 Å². The van der Waals surface area contributed by atoms with Crippen LogP contribution in [0.25, 0.3) is 16.5 Å². The summed E-state index contributed by atoms with van der Waals surface area (Å²) in [5.74, 6) is 0. The fraction of sp³-hybridized carbons (Fsp3) is 0.0952. The molecule has 0 saturated carbocycles. The fourth-order valence-electron chi connectivity index (χ4n) is 3.05. The van der Waals surface area contributed by atoms with E-state index in [1.165, 1.54) is 26.5 Å². The first-order valence-electron chi connectivity index (χ1n) is 7.81. The van der Waals surface area contributed by atoms with Crippen molar-refractivity contribution in [3.63, 3.8) is 0 Å². The van der Waals surface area contributed by atoms with Crippen molar-refractivity contribution >= 4 is 16.5 Å². The first-order chi connectivity index (χ1) is 11.3.